The number of aryl methyl sites for hydroxylation is 1. The van der Waals surface area contributed by atoms with Crippen molar-refractivity contribution >= 4 is 21.9 Å². The first kappa shape index (κ1) is 17.4. The van der Waals surface area contributed by atoms with Gasteiger partial charge in [0.1, 0.15) is 23.1 Å². The molecule has 0 fully saturated rings. The maximum absolute atomic E-state index is 14.6. The summed E-state index contributed by atoms with van der Waals surface area (Å²) in [7, 11) is 3.23. The van der Waals surface area contributed by atoms with E-state index in [2.05, 4.69) is 15.1 Å². The standard InChI is InChI=1S/C22H16F2N4O/c1-28-18-8-7-12(20-15(24)10-13(23)11-19(20)29-2)9-14(18)21(27-28)22-25-16-5-3-4-6-17(16)26-22/h3-11H,1-2H3,(H,25,26). The van der Waals surface area contributed by atoms with Crippen LogP contribution in [0.5, 0.6) is 5.75 Å². The number of nitrogens with zero attached hydrogens (tertiary/aromatic N) is 3. The van der Waals surface area contributed by atoms with E-state index >= 15 is 0 Å². The minimum Gasteiger partial charge on any atom is -0.496 e. The van der Waals surface area contributed by atoms with Gasteiger partial charge in [0.25, 0.3) is 0 Å². The first-order chi connectivity index (χ1) is 14.0. The highest BCUT2D eigenvalue weighted by molar-refractivity contribution is 5.96. The molecule has 29 heavy (non-hydrogen) atoms. The Morgan fingerprint density at radius 3 is 2.66 bits per heavy atom. The van der Waals surface area contributed by atoms with Crippen LogP contribution in [0, 0.1) is 11.6 Å². The number of imidazole rings is 1. The summed E-state index contributed by atoms with van der Waals surface area (Å²) in [5.41, 5.74) is 4.03. The molecule has 144 valence electrons. The lowest BCUT2D eigenvalue weighted by Crippen LogP contribution is -1.94. The van der Waals surface area contributed by atoms with Gasteiger partial charge >= 0.3 is 0 Å². The molecule has 0 atom stereocenters. The van der Waals surface area contributed by atoms with Gasteiger partial charge in [-0.25, -0.2) is 13.8 Å². The van der Waals surface area contributed by atoms with Gasteiger partial charge in [0.2, 0.25) is 0 Å². The second kappa shape index (κ2) is 6.41. The minimum absolute atomic E-state index is 0.135. The summed E-state index contributed by atoms with van der Waals surface area (Å²) < 4.78 is 35.2. The molecule has 0 saturated heterocycles. The van der Waals surface area contributed by atoms with Crippen molar-refractivity contribution in [3.8, 4) is 28.4 Å². The molecule has 0 aliphatic heterocycles. The van der Waals surface area contributed by atoms with Gasteiger partial charge in [0.15, 0.2) is 5.82 Å². The SMILES string of the molecule is COc1cc(F)cc(F)c1-c1ccc2c(c1)c(-c1nc3ccccc3[nH]1)nn2C. The zero-order valence-electron chi connectivity index (χ0n) is 15.7. The van der Waals surface area contributed by atoms with E-state index in [1.807, 2.05) is 43.4 Å². The van der Waals surface area contributed by atoms with Crippen LogP contribution in [0.1, 0.15) is 0 Å². The predicted octanol–water partition coefficient (Wildman–Crippen LogP) is 5.07. The van der Waals surface area contributed by atoms with Crippen molar-refractivity contribution in [2.45, 2.75) is 0 Å². The van der Waals surface area contributed by atoms with Crippen molar-refractivity contribution in [2.24, 2.45) is 7.05 Å². The van der Waals surface area contributed by atoms with E-state index in [0.29, 0.717) is 17.1 Å². The van der Waals surface area contributed by atoms with Crippen LogP contribution in [0.3, 0.4) is 0 Å². The molecule has 0 amide bonds. The van der Waals surface area contributed by atoms with E-state index < -0.39 is 11.6 Å². The molecular weight excluding hydrogens is 374 g/mol. The molecule has 2 heterocycles. The second-order valence-electron chi connectivity index (χ2n) is 6.77. The molecule has 2 aromatic heterocycles. The summed E-state index contributed by atoms with van der Waals surface area (Å²) in [4.78, 5) is 7.91. The number of methoxy groups -OCH3 is 1. The molecule has 5 rings (SSSR count). The number of nitrogens with one attached hydrogen (secondary N) is 1. The number of hydrogen-bond donors (Lipinski definition) is 1. The van der Waals surface area contributed by atoms with E-state index in [9.17, 15) is 8.78 Å². The molecule has 5 nitrogen and oxygen atoms in total. The van der Waals surface area contributed by atoms with Crippen molar-refractivity contribution in [2.75, 3.05) is 7.11 Å². The number of halogens is 2. The van der Waals surface area contributed by atoms with Crippen molar-refractivity contribution in [3.63, 3.8) is 0 Å². The molecular formula is C22H16F2N4O. The van der Waals surface area contributed by atoms with Crippen LogP contribution in [0.25, 0.3) is 44.6 Å². The highest BCUT2D eigenvalue weighted by atomic mass is 19.1. The largest absolute Gasteiger partial charge is 0.496 e. The average molecular weight is 390 g/mol. The number of ether oxygens (including phenoxy) is 1. The molecule has 5 aromatic rings. The summed E-state index contributed by atoms with van der Waals surface area (Å²) in [6, 6.07) is 15.2. The number of aromatic amines is 1. The fourth-order valence-corrected chi connectivity index (χ4v) is 3.65. The van der Waals surface area contributed by atoms with E-state index in [1.165, 1.54) is 13.2 Å². The number of fused-ring (bicyclic) bond motifs is 2. The normalized spacial score (nSPS) is 11.4. The van der Waals surface area contributed by atoms with Gasteiger partial charge in [-0.15, -0.1) is 0 Å². The van der Waals surface area contributed by atoms with E-state index in [1.54, 1.807) is 10.7 Å². The topological polar surface area (TPSA) is 55.7 Å². The van der Waals surface area contributed by atoms with Gasteiger partial charge < -0.3 is 9.72 Å². The Morgan fingerprint density at radius 1 is 1.03 bits per heavy atom. The fraction of sp³-hybridized carbons (Fsp3) is 0.0909. The van der Waals surface area contributed by atoms with Crippen molar-refractivity contribution in [1.29, 1.82) is 0 Å². The molecule has 1 N–H and O–H groups in total. The lowest BCUT2D eigenvalue weighted by molar-refractivity contribution is 0.409. The number of rotatable bonds is 3. The Kier molecular flexibility index (Phi) is 3.84. The van der Waals surface area contributed by atoms with Gasteiger partial charge in [-0.1, -0.05) is 18.2 Å². The average Bonchev–Trinajstić information content (AvgIpc) is 3.28. The number of H-pyrrole nitrogens is 1. The molecule has 0 spiro atoms. The van der Waals surface area contributed by atoms with Gasteiger partial charge in [-0.2, -0.15) is 5.10 Å². The Balaban J connectivity index is 1.75. The van der Waals surface area contributed by atoms with Gasteiger partial charge in [-0.3, -0.25) is 4.68 Å². The fourth-order valence-electron chi connectivity index (χ4n) is 3.65. The van der Waals surface area contributed by atoms with Crippen molar-refractivity contribution < 1.29 is 13.5 Å². The van der Waals surface area contributed by atoms with Crippen LogP contribution in [0.2, 0.25) is 0 Å². The zero-order chi connectivity index (χ0) is 20.1. The molecule has 0 radical (unpaired) electrons. The van der Waals surface area contributed by atoms with Crippen LogP contribution in [-0.2, 0) is 7.05 Å². The third-order valence-electron chi connectivity index (χ3n) is 4.99. The van der Waals surface area contributed by atoms with Crippen LogP contribution >= 0.6 is 0 Å². The Bertz CT molecular complexity index is 1350. The molecule has 3 aromatic carbocycles. The number of hydrogen-bond acceptors (Lipinski definition) is 3. The van der Waals surface area contributed by atoms with Gasteiger partial charge in [0, 0.05) is 24.6 Å². The first-order valence-electron chi connectivity index (χ1n) is 9.00. The van der Waals surface area contributed by atoms with Crippen molar-refractivity contribution in [1.82, 2.24) is 19.7 Å². The summed E-state index contributed by atoms with van der Waals surface area (Å²) in [5, 5.41) is 5.41. The minimum atomic E-state index is -0.687. The summed E-state index contributed by atoms with van der Waals surface area (Å²) >= 11 is 0. The Hall–Kier alpha value is -3.74. The molecule has 0 aliphatic rings. The summed E-state index contributed by atoms with van der Waals surface area (Å²) in [6.45, 7) is 0. The smallest absolute Gasteiger partial charge is 0.159 e. The number of benzene rings is 3. The summed E-state index contributed by atoms with van der Waals surface area (Å²) in [6.07, 6.45) is 0. The highest BCUT2D eigenvalue weighted by Crippen LogP contribution is 2.37. The van der Waals surface area contributed by atoms with E-state index in [0.717, 1.165) is 28.0 Å². The van der Waals surface area contributed by atoms with Crippen LogP contribution in [-0.4, -0.2) is 26.9 Å². The highest BCUT2D eigenvalue weighted by Gasteiger charge is 2.19. The monoisotopic (exact) mass is 390 g/mol. The molecule has 0 unspecified atom stereocenters. The van der Waals surface area contributed by atoms with Gasteiger partial charge in [0.05, 0.1) is 29.2 Å². The maximum atomic E-state index is 14.6. The third kappa shape index (κ3) is 2.74. The molecule has 0 bridgehead atoms. The molecule has 7 heteroatoms. The quantitative estimate of drug-likeness (QED) is 0.468. The maximum Gasteiger partial charge on any atom is 0.159 e. The number of para-hydroxylation sites is 2. The first-order valence-corrected chi connectivity index (χ1v) is 9.00. The lowest BCUT2D eigenvalue weighted by atomic mass is 10.0. The second-order valence-corrected chi connectivity index (χ2v) is 6.77. The van der Waals surface area contributed by atoms with E-state index in [-0.39, 0.29) is 11.3 Å². The lowest BCUT2D eigenvalue weighted by Gasteiger charge is -2.10. The molecule has 0 saturated carbocycles. The van der Waals surface area contributed by atoms with Crippen LogP contribution in [0.15, 0.2) is 54.6 Å². The summed E-state index contributed by atoms with van der Waals surface area (Å²) in [5.74, 6) is -0.611. The van der Waals surface area contributed by atoms with Crippen LogP contribution < -0.4 is 4.74 Å². The van der Waals surface area contributed by atoms with Gasteiger partial charge in [-0.05, 0) is 29.8 Å². The predicted molar refractivity (Wildman–Crippen MR) is 108 cm³/mol. The van der Waals surface area contributed by atoms with E-state index in [4.69, 9.17) is 4.74 Å². The number of aromatic nitrogens is 4. The Morgan fingerprint density at radius 2 is 1.86 bits per heavy atom. The Labute approximate surface area is 164 Å². The third-order valence-corrected chi connectivity index (χ3v) is 4.99. The molecule has 0 aliphatic carbocycles. The zero-order valence-corrected chi connectivity index (χ0v) is 15.7. The van der Waals surface area contributed by atoms with Crippen LogP contribution in [0.4, 0.5) is 8.78 Å². The van der Waals surface area contributed by atoms with Crippen molar-refractivity contribution in [3.05, 3.63) is 66.2 Å².